The predicted octanol–water partition coefficient (Wildman–Crippen LogP) is 0.775. The van der Waals surface area contributed by atoms with Crippen molar-refractivity contribution in [2.75, 3.05) is 6.54 Å². The Morgan fingerprint density at radius 1 is 1.41 bits per heavy atom. The second-order valence-electron chi connectivity index (χ2n) is 6.04. The van der Waals surface area contributed by atoms with Crippen molar-refractivity contribution >= 4 is 18.1 Å². The summed E-state index contributed by atoms with van der Waals surface area (Å²) in [6, 6.07) is -2.10. The van der Waals surface area contributed by atoms with Crippen molar-refractivity contribution in [3.05, 3.63) is 11.6 Å². The summed E-state index contributed by atoms with van der Waals surface area (Å²) in [5.74, 6) is -0.823. The van der Waals surface area contributed by atoms with Gasteiger partial charge in [-0.05, 0) is 33.3 Å². The first-order chi connectivity index (χ1) is 9.94. The molecule has 0 unspecified atom stereocenters. The summed E-state index contributed by atoms with van der Waals surface area (Å²) < 4.78 is 5.01. The van der Waals surface area contributed by atoms with Gasteiger partial charge >= 0.3 is 12.2 Å². The minimum absolute atomic E-state index is 0.296. The second kappa shape index (κ2) is 6.22. The topological polar surface area (TPSA) is 133 Å². The maximum Gasteiger partial charge on any atom is 0.434 e. The van der Waals surface area contributed by atoms with E-state index in [0.717, 1.165) is 4.90 Å². The maximum absolute atomic E-state index is 11.8. The van der Waals surface area contributed by atoms with Crippen LogP contribution in [0.4, 0.5) is 9.59 Å². The van der Waals surface area contributed by atoms with E-state index >= 15 is 0 Å². The minimum Gasteiger partial charge on any atom is -0.465 e. The fourth-order valence-electron chi connectivity index (χ4n) is 2.16. The van der Waals surface area contributed by atoms with E-state index in [2.05, 4.69) is 0 Å². The molecule has 0 saturated carbocycles. The fraction of sp³-hybridized carbons (Fsp3) is 0.615. The third-order valence-corrected chi connectivity index (χ3v) is 2.99. The molecule has 9 nitrogen and oxygen atoms in total. The van der Waals surface area contributed by atoms with E-state index in [9.17, 15) is 24.7 Å². The van der Waals surface area contributed by atoms with Gasteiger partial charge in [0.2, 0.25) is 5.91 Å². The molecule has 0 aliphatic carbocycles. The molecule has 0 fully saturated rings. The lowest BCUT2D eigenvalue weighted by atomic mass is 9.98. The lowest BCUT2D eigenvalue weighted by Crippen LogP contribution is -2.57. The van der Waals surface area contributed by atoms with Crippen molar-refractivity contribution in [1.82, 2.24) is 9.96 Å². The van der Waals surface area contributed by atoms with Gasteiger partial charge in [0.1, 0.15) is 11.6 Å². The molecule has 0 bridgehead atoms. The number of ether oxygens (including phenoxy) is 1. The van der Waals surface area contributed by atoms with E-state index < -0.39 is 35.8 Å². The first kappa shape index (κ1) is 17.8. The maximum atomic E-state index is 11.8. The zero-order chi connectivity index (χ0) is 17.2. The number of nitrogens with two attached hydrogens (primary N) is 1. The minimum atomic E-state index is -1.38. The average Bonchev–Trinajstić information content (AvgIpc) is 2.33. The number of carbonyl (C=O) groups is 3. The van der Waals surface area contributed by atoms with Crippen LogP contribution < -0.4 is 5.73 Å². The van der Waals surface area contributed by atoms with Gasteiger partial charge in [0.15, 0.2) is 0 Å². The van der Waals surface area contributed by atoms with Crippen LogP contribution in [-0.2, 0) is 9.53 Å². The summed E-state index contributed by atoms with van der Waals surface area (Å²) in [4.78, 5) is 35.2. The third kappa shape index (κ3) is 4.10. The van der Waals surface area contributed by atoms with Crippen LogP contribution in [-0.4, -0.2) is 62.6 Å². The van der Waals surface area contributed by atoms with Crippen molar-refractivity contribution < 1.29 is 29.4 Å². The van der Waals surface area contributed by atoms with Gasteiger partial charge in [-0.2, -0.15) is 5.06 Å². The van der Waals surface area contributed by atoms with Gasteiger partial charge in [-0.15, -0.1) is 0 Å². The number of rotatable bonds is 2. The van der Waals surface area contributed by atoms with Gasteiger partial charge in [-0.1, -0.05) is 6.08 Å². The molecule has 0 spiro atoms. The lowest BCUT2D eigenvalue weighted by Gasteiger charge is -2.37. The van der Waals surface area contributed by atoms with E-state index in [1.807, 2.05) is 0 Å². The number of hydrogen-bond donors (Lipinski definition) is 3. The van der Waals surface area contributed by atoms with Gasteiger partial charge < -0.3 is 15.6 Å². The first-order valence-corrected chi connectivity index (χ1v) is 6.62. The summed E-state index contributed by atoms with van der Waals surface area (Å²) in [5, 5.41) is 19.4. The smallest absolute Gasteiger partial charge is 0.434 e. The first-order valence-electron chi connectivity index (χ1n) is 6.62. The molecule has 0 aromatic rings. The molecular weight excluding hydrogens is 294 g/mol. The Hall–Kier alpha value is -2.29. The summed E-state index contributed by atoms with van der Waals surface area (Å²) in [5.41, 5.74) is 4.71. The molecule has 22 heavy (non-hydrogen) atoms. The fourth-order valence-corrected chi connectivity index (χ4v) is 2.16. The largest absolute Gasteiger partial charge is 0.465 e. The number of carbonyl (C=O) groups excluding carboxylic acids is 2. The molecule has 1 aliphatic rings. The van der Waals surface area contributed by atoms with Crippen LogP contribution in [0.2, 0.25) is 0 Å². The predicted molar refractivity (Wildman–Crippen MR) is 75.1 cm³/mol. The molecule has 0 aromatic heterocycles. The quantitative estimate of drug-likeness (QED) is 0.391. The van der Waals surface area contributed by atoms with Crippen LogP contribution in [0.3, 0.4) is 0 Å². The van der Waals surface area contributed by atoms with Crippen molar-refractivity contribution in [2.24, 2.45) is 5.73 Å². The van der Waals surface area contributed by atoms with Crippen LogP contribution in [0.25, 0.3) is 0 Å². The van der Waals surface area contributed by atoms with Crippen molar-refractivity contribution in [3.8, 4) is 0 Å². The van der Waals surface area contributed by atoms with E-state index in [1.165, 1.54) is 13.0 Å². The molecule has 2 atom stereocenters. The van der Waals surface area contributed by atoms with Crippen molar-refractivity contribution in [3.63, 3.8) is 0 Å². The molecular formula is C13H21N3O6. The highest BCUT2D eigenvalue weighted by molar-refractivity contribution is 5.87. The number of hydroxylamine groups is 2. The van der Waals surface area contributed by atoms with Crippen LogP contribution in [0.1, 0.15) is 27.7 Å². The normalized spacial score (nSPS) is 21.9. The summed E-state index contributed by atoms with van der Waals surface area (Å²) in [7, 11) is 0. The molecule has 9 heteroatoms. The molecule has 124 valence electrons. The van der Waals surface area contributed by atoms with Gasteiger partial charge in [-0.25, -0.2) is 9.59 Å². The van der Waals surface area contributed by atoms with Crippen molar-refractivity contribution in [2.45, 2.75) is 45.4 Å². The van der Waals surface area contributed by atoms with Gasteiger partial charge in [0.05, 0.1) is 12.6 Å². The number of hydrogen-bond acceptors (Lipinski definition) is 5. The van der Waals surface area contributed by atoms with E-state index in [4.69, 9.17) is 10.5 Å². The standard InChI is InChI=1S/C13H21N3O6/c1-7-5-8(16(21)12(20)22-13(2,3)4)6-15(11(18)19)9(7)10(14)17/h5,8-9,21H,6H2,1-4H3,(H2,14,17)(H,18,19)/t8-,9+/m1/s1. The van der Waals surface area contributed by atoms with Gasteiger partial charge in [0, 0.05) is 0 Å². The molecule has 1 rings (SSSR count). The molecule has 0 aromatic carbocycles. The van der Waals surface area contributed by atoms with Crippen LogP contribution in [0.5, 0.6) is 0 Å². The Kier molecular flexibility index (Phi) is 5.02. The molecule has 0 radical (unpaired) electrons. The molecule has 0 saturated heterocycles. The zero-order valence-corrected chi connectivity index (χ0v) is 12.9. The van der Waals surface area contributed by atoms with Crippen LogP contribution >= 0.6 is 0 Å². The second-order valence-corrected chi connectivity index (χ2v) is 6.04. The van der Waals surface area contributed by atoms with Gasteiger partial charge in [-0.3, -0.25) is 14.9 Å². The molecule has 1 heterocycles. The number of carboxylic acid groups (broad SMARTS) is 1. The van der Waals surface area contributed by atoms with E-state index in [1.54, 1.807) is 20.8 Å². The van der Waals surface area contributed by atoms with Crippen LogP contribution in [0, 0.1) is 0 Å². The number of nitrogens with zero attached hydrogens (tertiary/aromatic N) is 2. The number of primary amides is 1. The Bertz CT molecular complexity index is 510. The van der Waals surface area contributed by atoms with Crippen LogP contribution in [0.15, 0.2) is 11.6 Å². The Morgan fingerprint density at radius 2 is 1.95 bits per heavy atom. The van der Waals surface area contributed by atoms with E-state index in [-0.39, 0.29) is 6.54 Å². The average molecular weight is 315 g/mol. The third-order valence-electron chi connectivity index (χ3n) is 2.99. The lowest BCUT2D eigenvalue weighted by molar-refractivity contribution is -0.126. The zero-order valence-electron chi connectivity index (χ0n) is 12.9. The Labute approximate surface area is 127 Å². The summed E-state index contributed by atoms with van der Waals surface area (Å²) in [6.07, 6.45) is -0.970. The monoisotopic (exact) mass is 315 g/mol. The molecule has 4 N–H and O–H groups in total. The SMILES string of the molecule is CC1=C[C@@H](N(O)C(=O)OC(C)(C)C)CN(C(=O)O)[C@@H]1C(N)=O. The Morgan fingerprint density at radius 3 is 2.36 bits per heavy atom. The molecule has 3 amide bonds. The van der Waals surface area contributed by atoms with Crippen molar-refractivity contribution in [1.29, 1.82) is 0 Å². The Balaban J connectivity index is 3.00. The summed E-state index contributed by atoms with van der Waals surface area (Å²) >= 11 is 0. The van der Waals surface area contributed by atoms with Gasteiger partial charge in [0.25, 0.3) is 0 Å². The number of amides is 3. The highest BCUT2D eigenvalue weighted by atomic mass is 16.6. The highest BCUT2D eigenvalue weighted by Gasteiger charge is 2.38. The van der Waals surface area contributed by atoms with E-state index in [0.29, 0.717) is 10.6 Å². The molecule has 1 aliphatic heterocycles. The highest BCUT2D eigenvalue weighted by Crippen LogP contribution is 2.21. The summed E-state index contributed by atoms with van der Waals surface area (Å²) in [6.45, 7) is 6.10.